The van der Waals surface area contributed by atoms with Gasteiger partial charge in [-0.25, -0.2) is 4.79 Å². The summed E-state index contributed by atoms with van der Waals surface area (Å²) in [5.74, 6) is -0.318. The number of carbonyl (C=O) groups excluding carboxylic acids is 1. The number of aryl methyl sites for hydroxylation is 2. The van der Waals surface area contributed by atoms with Gasteiger partial charge in [0.15, 0.2) is 0 Å². The first kappa shape index (κ1) is 21.2. The van der Waals surface area contributed by atoms with Gasteiger partial charge in [-0.05, 0) is 56.5 Å². The lowest BCUT2D eigenvalue weighted by Crippen LogP contribution is -2.43. The molecule has 0 saturated heterocycles. The van der Waals surface area contributed by atoms with Crippen LogP contribution in [0.3, 0.4) is 0 Å². The van der Waals surface area contributed by atoms with Crippen molar-refractivity contribution < 1.29 is 9.53 Å². The SMILES string of the molecule is COC(=O)C1=C(c2ccccc2)SC(=C2C(=S)C(C)(C)Nc3cc(C)c(C)cc32)S1. The molecule has 0 amide bonds. The molecule has 6 heteroatoms. The number of fused-ring (bicyclic) bond motifs is 1. The maximum atomic E-state index is 12.6. The lowest BCUT2D eigenvalue weighted by Gasteiger charge is -2.37. The Bertz CT molecular complexity index is 1130. The van der Waals surface area contributed by atoms with Crippen LogP contribution in [0, 0.1) is 13.8 Å². The third kappa shape index (κ3) is 3.61. The fourth-order valence-electron chi connectivity index (χ4n) is 3.56. The van der Waals surface area contributed by atoms with Crippen molar-refractivity contribution in [2.75, 3.05) is 12.4 Å². The summed E-state index contributed by atoms with van der Waals surface area (Å²) in [6.45, 7) is 8.44. The molecule has 2 aliphatic rings. The van der Waals surface area contributed by atoms with Gasteiger partial charge in [0.1, 0.15) is 4.91 Å². The predicted octanol–water partition coefficient (Wildman–Crippen LogP) is 6.57. The number of methoxy groups -OCH3 is 1. The fourth-order valence-corrected chi connectivity index (χ4v) is 6.68. The quantitative estimate of drug-likeness (QED) is 0.315. The van der Waals surface area contributed by atoms with Gasteiger partial charge in [-0.15, -0.1) is 0 Å². The number of benzene rings is 2. The van der Waals surface area contributed by atoms with Crippen molar-refractivity contribution in [2.45, 2.75) is 33.2 Å². The first-order chi connectivity index (χ1) is 14.2. The number of hydrogen-bond acceptors (Lipinski definition) is 6. The van der Waals surface area contributed by atoms with E-state index in [1.807, 2.05) is 30.3 Å². The summed E-state index contributed by atoms with van der Waals surface area (Å²) < 4.78 is 6.12. The molecule has 0 bridgehead atoms. The van der Waals surface area contributed by atoms with E-state index in [4.69, 9.17) is 17.0 Å². The minimum Gasteiger partial charge on any atom is -0.465 e. The van der Waals surface area contributed by atoms with Crippen LogP contribution in [0.4, 0.5) is 5.69 Å². The maximum absolute atomic E-state index is 12.6. The van der Waals surface area contributed by atoms with E-state index in [2.05, 4.69) is 45.1 Å². The van der Waals surface area contributed by atoms with Crippen LogP contribution in [0.25, 0.3) is 10.5 Å². The number of thioether (sulfide) groups is 2. The molecule has 0 aromatic heterocycles. The molecule has 4 rings (SSSR count). The van der Waals surface area contributed by atoms with Gasteiger partial charge in [0.25, 0.3) is 0 Å². The molecule has 2 aliphatic heterocycles. The van der Waals surface area contributed by atoms with E-state index in [-0.39, 0.29) is 11.5 Å². The van der Waals surface area contributed by atoms with Crippen LogP contribution < -0.4 is 5.32 Å². The molecule has 154 valence electrons. The molecule has 0 saturated carbocycles. The standard InChI is InChI=1S/C24H23NO2S3/c1-13-11-16-17(12-14(13)2)25-24(3,4)21(28)18(16)23-29-19(15-9-7-6-8-10-15)20(30-23)22(26)27-5/h6-12,25H,1-5H3. The van der Waals surface area contributed by atoms with Crippen molar-refractivity contribution in [3.8, 4) is 0 Å². The Morgan fingerprint density at radius 3 is 2.40 bits per heavy atom. The number of esters is 1. The number of rotatable bonds is 2. The molecule has 1 N–H and O–H groups in total. The van der Waals surface area contributed by atoms with E-state index in [9.17, 15) is 4.79 Å². The summed E-state index contributed by atoms with van der Waals surface area (Å²) in [4.78, 5) is 15.0. The first-order valence-corrected chi connectivity index (χ1v) is 11.7. The smallest absolute Gasteiger partial charge is 0.345 e. The van der Waals surface area contributed by atoms with E-state index in [1.165, 1.54) is 30.0 Å². The zero-order valence-electron chi connectivity index (χ0n) is 17.6. The second-order valence-electron chi connectivity index (χ2n) is 7.94. The van der Waals surface area contributed by atoms with E-state index >= 15 is 0 Å². The molecule has 0 spiro atoms. The van der Waals surface area contributed by atoms with Crippen molar-refractivity contribution in [1.29, 1.82) is 0 Å². The Kier molecular flexibility index (Phi) is 5.60. The van der Waals surface area contributed by atoms with Crippen LogP contribution in [0.15, 0.2) is 51.6 Å². The van der Waals surface area contributed by atoms with Gasteiger partial charge in [-0.3, -0.25) is 0 Å². The summed E-state index contributed by atoms with van der Waals surface area (Å²) in [6.07, 6.45) is 0. The molecule has 0 fully saturated rings. The molecular weight excluding hydrogens is 430 g/mol. The average molecular weight is 454 g/mol. The minimum atomic E-state index is -0.367. The van der Waals surface area contributed by atoms with Gasteiger partial charge >= 0.3 is 5.97 Å². The highest BCUT2D eigenvalue weighted by molar-refractivity contribution is 8.32. The summed E-state index contributed by atoms with van der Waals surface area (Å²) in [5, 5.41) is 3.60. The average Bonchev–Trinajstić information content (AvgIpc) is 3.15. The largest absolute Gasteiger partial charge is 0.465 e. The van der Waals surface area contributed by atoms with E-state index in [0.29, 0.717) is 4.91 Å². The number of hydrogen-bond donors (Lipinski definition) is 1. The summed E-state index contributed by atoms with van der Waals surface area (Å²) in [7, 11) is 1.42. The highest BCUT2D eigenvalue weighted by atomic mass is 32.2. The van der Waals surface area contributed by atoms with Crippen LogP contribution in [0.1, 0.15) is 36.1 Å². The van der Waals surface area contributed by atoms with Crippen LogP contribution in [0.2, 0.25) is 0 Å². The lowest BCUT2D eigenvalue weighted by atomic mass is 9.84. The van der Waals surface area contributed by atoms with Gasteiger partial charge in [0.05, 0.1) is 16.9 Å². The third-order valence-electron chi connectivity index (χ3n) is 5.35. The predicted molar refractivity (Wildman–Crippen MR) is 134 cm³/mol. The Balaban J connectivity index is 1.91. The normalized spacial score (nSPS) is 20.1. The van der Waals surface area contributed by atoms with Crippen molar-refractivity contribution >= 4 is 62.7 Å². The highest BCUT2D eigenvalue weighted by Crippen LogP contribution is 2.58. The van der Waals surface area contributed by atoms with Crippen molar-refractivity contribution in [3.05, 3.63) is 73.9 Å². The van der Waals surface area contributed by atoms with Gasteiger partial charge in [0, 0.05) is 26.6 Å². The number of thiocarbonyl (C=S) groups is 1. The van der Waals surface area contributed by atoms with Crippen molar-refractivity contribution in [2.24, 2.45) is 0 Å². The molecule has 0 unspecified atom stereocenters. The number of carbonyl (C=O) groups is 1. The number of nitrogens with one attached hydrogen (secondary N) is 1. The second kappa shape index (κ2) is 7.91. The molecule has 0 radical (unpaired) electrons. The minimum absolute atomic E-state index is 0.318. The molecule has 0 atom stereocenters. The van der Waals surface area contributed by atoms with Gasteiger partial charge in [-0.2, -0.15) is 0 Å². The Morgan fingerprint density at radius 1 is 1.07 bits per heavy atom. The van der Waals surface area contributed by atoms with Gasteiger partial charge in [0.2, 0.25) is 0 Å². The van der Waals surface area contributed by atoms with Crippen LogP contribution in [-0.4, -0.2) is 23.5 Å². The monoisotopic (exact) mass is 453 g/mol. The number of anilines is 1. The lowest BCUT2D eigenvalue weighted by molar-refractivity contribution is -0.135. The zero-order valence-corrected chi connectivity index (χ0v) is 20.0. The number of ether oxygens (including phenoxy) is 1. The summed E-state index contributed by atoms with van der Waals surface area (Å²) in [5.41, 5.74) is 6.30. The molecule has 30 heavy (non-hydrogen) atoms. The third-order valence-corrected chi connectivity index (χ3v) is 8.69. The second-order valence-corrected chi connectivity index (χ2v) is 10.7. The van der Waals surface area contributed by atoms with Crippen LogP contribution in [-0.2, 0) is 9.53 Å². The summed E-state index contributed by atoms with van der Waals surface area (Å²) in [6, 6.07) is 14.4. The van der Waals surface area contributed by atoms with E-state index in [0.717, 1.165) is 36.4 Å². The van der Waals surface area contributed by atoms with Gasteiger partial charge < -0.3 is 10.1 Å². The van der Waals surface area contributed by atoms with Crippen molar-refractivity contribution in [3.63, 3.8) is 0 Å². The highest BCUT2D eigenvalue weighted by Gasteiger charge is 2.38. The van der Waals surface area contributed by atoms with Crippen LogP contribution in [0.5, 0.6) is 0 Å². The van der Waals surface area contributed by atoms with E-state index in [1.54, 1.807) is 11.8 Å². The maximum Gasteiger partial charge on any atom is 0.345 e. The molecule has 0 aliphatic carbocycles. The molecule has 2 aromatic carbocycles. The summed E-state index contributed by atoms with van der Waals surface area (Å²) >= 11 is 9.03. The fraction of sp³-hybridized carbons (Fsp3) is 0.250. The molecule has 3 nitrogen and oxygen atoms in total. The first-order valence-electron chi connectivity index (χ1n) is 9.65. The topological polar surface area (TPSA) is 38.3 Å². The Hall–Kier alpha value is -2.02. The Morgan fingerprint density at radius 2 is 1.73 bits per heavy atom. The van der Waals surface area contributed by atoms with E-state index < -0.39 is 0 Å². The molecular formula is C24H23NO2S3. The Labute approximate surface area is 191 Å². The van der Waals surface area contributed by atoms with Crippen LogP contribution >= 0.6 is 35.7 Å². The van der Waals surface area contributed by atoms with Gasteiger partial charge in [-0.1, -0.05) is 66.1 Å². The van der Waals surface area contributed by atoms with Crippen molar-refractivity contribution in [1.82, 2.24) is 0 Å². The zero-order chi connectivity index (χ0) is 21.6. The molecule has 2 aromatic rings. The molecule has 2 heterocycles.